The van der Waals surface area contributed by atoms with Gasteiger partial charge in [-0.1, -0.05) is 0 Å². The molecule has 0 unspecified atom stereocenters. The SMILES string of the molecule is CCC[CH2][Ru+]([CH2]CCC)[CH2]CCC.[Cl-]. The molecule has 0 bridgehead atoms. The molecule has 0 saturated heterocycles. The van der Waals surface area contributed by atoms with Crippen molar-refractivity contribution in [2.75, 3.05) is 0 Å². The van der Waals surface area contributed by atoms with Crippen LogP contribution >= 0.6 is 0 Å². The van der Waals surface area contributed by atoms with E-state index in [4.69, 9.17) is 0 Å². The first-order valence-electron chi connectivity index (χ1n) is 5.87. The molecule has 0 aliphatic heterocycles. The predicted molar refractivity (Wildman–Crippen MR) is 59.1 cm³/mol. The average Bonchev–Trinajstić information content (AvgIpc) is 2.17. The number of halogens is 1. The molecule has 14 heavy (non-hydrogen) atoms. The zero-order valence-electron chi connectivity index (χ0n) is 10.1. The molecule has 0 aliphatic carbocycles. The van der Waals surface area contributed by atoms with Crippen LogP contribution in [0.3, 0.4) is 0 Å². The third kappa shape index (κ3) is 11.0. The van der Waals surface area contributed by atoms with Gasteiger partial charge in [-0.15, -0.1) is 0 Å². The minimum Gasteiger partial charge on any atom is -1.00 e. The second kappa shape index (κ2) is 13.9. The quantitative estimate of drug-likeness (QED) is 0.573. The Morgan fingerprint density at radius 1 is 0.643 bits per heavy atom. The Kier molecular flexibility index (Phi) is 17.2. The molecule has 2 heteroatoms. The minimum absolute atomic E-state index is 0. The van der Waals surface area contributed by atoms with Gasteiger partial charge in [-0.05, 0) is 0 Å². The molecule has 0 aliphatic rings. The Labute approximate surface area is 103 Å². The average molecular weight is 308 g/mol. The van der Waals surface area contributed by atoms with Crippen molar-refractivity contribution in [2.45, 2.75) is 74.3 Å². The Bertz CT molecular complexity index is 77.3. The number of unbranched alkanes of at least 4 members (excludes halogenated alkanes) is 3. The summed E-state index contributed by atoms with van der Waals surface area (Å²) in [6, 6.07) is 0. The molecule has 0 N–H and O–H groups in total. The molecule has 0 fully saturated rings. The van der Waals surface area contributed by atoms with E-state index in [0.717, 1.165) is 0 Å². The normalized spacial score (nSPS) is 10.9. The standard InChI is InChI=1S/3C4H9.ClH.Ru/c3*1-3-4-2;;/h3*1,3-4H2,2H3;1H;/q;;;;+1/p-1. The monoisotopic (exact) mass is 308 g/mol. The number of rotatable bonds is 9. The Hall–Kier alpha value is 0.913. The Morgan fingerprint density at radius 2 is 0.929 bits per heavy atom. The summed E-state index contributed by atoms with van der Waals surface area (Å²) in [5.74, 6) is 0. The summed E-state index contributed by atoms with van der Waals surface area (Å²) in [6.45, 7) is 6.98. The summed E-state index contributed by atoms with van der Waals surface area (Å²) in [4.78, 5) is 0. The second-order valence-electron chi connectivity index (χ2n) is 3.62. The molecule has 0 rings (SSSR count). The maximum atomic E-state index is 2.33. The van der Waals surface area contributed by atoms with Gasteiger partial charge in [-0.2, -0.15) is 0 Å². The molecule has 0 saturated carbocycles. The fourth-order valence-electron chi connectivity index (χ4n) is 1.17. The van der Waals surface area contributed by atoms with Crippen molar-refractivity contribution < 1.29 is 28.4 Å². The van der Waals surface area contributed by atoms with Gasteiger partial charge >= 0.3 is 90.3 Å². The first-order chi connectivity index (χ1) is 6.35. The summed E-state index contributed by atoms with van der Waals surface area (Å²) in [6.07, 6.45) is 8.74. The van der Waals surface area contributed by atoms with Gasteiger partial charge in [0.1, 0.15) is 0 Å². The van der Waals surface area contributed by atoms with Crippen molar-refractivity contribution in [2.24, 2.45) is 0 Å². The summed E-state index contributed by atoms with van der Waals surface area (Å²) in [5, 5.41) is 4.88. The van der Waals surface area contributed by atoms with Crippen LogP contribution in [0.1, 0.15) is 59.3 Å². The second-order valence-corrected chi connectivity index (χ2v) is 8.84. The fraction of sp³-hybridized carbons (Fsp3) is 1.00. The smallest absolute Gasteiger partial charge is 1.00 e. The van der Waals surface area contributed by atoms with Gasteiger partial charge in [0.2, 0.25) is 0 Å². The summed E-state index contributed by atoms with van der Waals surface area (Å²) >= 11 is -0.329. The summed E-state index contributed by atoms with van der Waals surface area (Å²) < 4.78 is 0. The third-order valence-electron chi connectivity index (χ3n) is 2.19. The molecule has 0 aromatic rings. The van der Waals surface area contributed by atoms with E-state index in [9.17, 15) is 0 Å². The number of hydrogen-bond acceptors (Lipinski definition) is 0. The van der Waals surface area contributed by atoms with Crippen LogP contribution in [0.2, 0.25) is 15.0 Å². The van der Waals surface area contributed by atoms with E-state index >= 15 is 0 Å². The Balaban J connectivity index is 0. The largest absolute Gasteiger partial charge is 1.00 e. The van der Waals surface area contributed by atoms with Gasteiger partial charge in [0.25, 0.3) is 0 Å². The van der Waals surface area contributed by atoms with Crippen molar-refractivity contribution in [3.05, 3.63) is 0 Å². The molecule has 0 nitrogen and oxygen atoms in total. The van der Waals surface area contributed by atoms with Crippen molar-refractivity contribution in [3.63, 3.8) is 0 Å². The number of hydrogen-bond donors (Lipinski definition) is 0. The molecule has 0 spiro atoms. The van der Waals surface area contributed by atoms with E-state index in [1.807, 2.05) is 0 Å². The first-order valence-corrected chi connectivity index (χ1v) is 9.56. The van der Waals surface area contributed by atoms with Crippen LogP contribution in [0.25, 0.3) is 0 Å². The van der Waals surface area contributed by atoms with Crippen LogP contribution in [0.5, 0.6) is 0 Å². The van der Waals surface area contributed by atoms with Crippen molar-refractivity contribution in [1.29, 1.82) is 0 Å². The molecule has 0 aromatic carbocycles. The molecule has 0 atom stereocenters. The molecule has 0 radical (unpaired) electrons. The van der Waals surface area contributed by atoms with Crippen LogP contribution in [0, 0.1) is 0 Å². The summed E-state index contributed by atoms with van der Waals surface area (Å²) in [7, 11) is 0. The van der Waals surface area contributed by atoms with E-state index in [1.165, 1.54) is 38.5 Å². The van der Waals surface area contributed by atoms with Crippen molar-refractivity contribution >= 4 is 0 Å². The van der Waals surface area contributed by atoms with Crippen molar-refractivity contribution in [3.8, 4) is 0 Å². The maximum absolute atomic E-state index is 2.33. The first kappa shape index (κ1) is 17.3. The van der Waals surface area contributed by atoms with Crippen LogP contribution in [0.15, 0.2) is 0 Å². The van der Waals surface area contributed by atoms with Crippen molar-refractivity contribution in [1.82, 2.24) is 0 Å². The van der Waals surface area contributed by atoms with Crippen LogP contribution < -0.4 is 12.4 Å². The van der Waals surface area contributed by atoms with Gasteiger partial charge in [0, 0.05) is 0 Å². The summed E-state index contributed by atoms with van der Waals surface area (Å²) in [5.41, 5.74) is 0. The third-order valence-corrected chi connectivity index (χ3v) is 7.72. The van der Waals surface area contributed by atoms with Crippen LogP contribution in [-0.2, 0) is 16.0 Å². The molecule has 0 aromatic heterocycles. The van der Waals surface area contributed by atoms with Gasteiger partial charge in [0.15, 0.2) is 0 Å². The van der Waals surface area contributed by atoms with Crippen LogP contribution in [-0.4, -0.2) is 0 Å². The maximum Gasteiger partial charge on any atom is -1.00 e. The van der Waals surface area contributed by atoms with Gasteiger partial charge in [-0.3, -0.25) is 0 Å². The predicted octanol–water partition coefficient (Wildman–Crippen LogP) is 2.26. The molecule has 90 valence electrons. The molecule has 0 amide bonds. The zero-order valence-corrected chi connectivity index (χ0v) is 12.6. The Morgan fingerprint density at radius 3 is 1.14 bits per heavy atom. The molecular formula is C12H27ClRu. The van der Waals surface area contributed by atoms with E-state index in [0.29, 0.717) is 0 Å². The van der Waals surface area contributed by atoms with Crippen LogP contribution in [0.4, 0.5) is 0 Å². The minimum atomic E-state index is -0.329. The molecular weight excluding hydrogens is 281 g/mol. The topological polar surface area (TPSA) is 0 Å². The van der Waals surface area contributed by atoms with Gasteiger partial charge in [0.05, 0.1) is 0 Å². The van der Waals surface area contributed by atoms with E-state index < -0.39 is 0 Å². The van der Waals surface area contributed by atoms with E-state index in [1.54, 1.807) is 15.0 Å². The van der Waals surface area contributed by atoms with E-state index in [2.05, 4.69) is 20.8 Å². The molecule has 0 heterocycles. The van der Waals surface area contributed by atoms with E-state index in [-0.39, 0.29) is 28.4 Å². The van der Waals surface area contributed by atoms with Gasteiger partial charge in [-0.25, -0.2) is 0 Å². The zero-order chi connectivity index (χ0) is 9.94. The van der Waals surface area contributed by atoms with Gasteiger partial charge < -0.3 is 12.4 Å². The fourth-order valence-corrected chi connectivity index (χ4v) is 6.92.